The first-order chi connectivity index (χ1) is 19.4. The number of nitrogens with one attached hydrogen (secondary N) is 1. The minimum Gasteiger partial charge on any atom is -0.337 e. The first-order valence-corrected chi connectivity index (χ1v) is 15.2. The quantitative estimate of drug-likeness (QED) is 0.266. The average molecular weight is 575 g/mol. The van der Waals surface area contributed by atoms with Crippen molar-refractivity contribution in [1.82, 2.24) is 14.3 Å². The molecule has 9 heteroatoms. The normalized spacial score (nSPS) is 16.8. The van der Waals surface area contributed by atoms with E-state index in [2.05, 4.69) is 23.6 Å². The molecule has 0 aliphatic heterocycles. The number of halogens is 1. The predicted octanol–water partition coefficient (Wildman–Crippen LogP) is 5.99. The number of anilines is 1. The maximum absolute atomic E-state index is 13.9. The third kappa shape index (κ3) is 6.11. The van der Waals surface area contributed by atoms with Crippen LogP contribution in [0.2, 0.25) is 0 Å². The fraction of sp³-hybridized carbons (Fsp3) is 0.312. The molecule has 0 saturated carbocycles. The van der Waals surface area contributed by atoms with Crippen molar-refractivity contribution < 1.29 is 17.6 Å². The number of carbonyl (C=O) groups is 1. The lowest BCUT2D eigenvalue weighted by molar-refractivity contribution is -0.119. The number of fused-ring (bicyclic) bond motifs is 1. The van der Waals surface area contributed by atoms with Crippen LogP contribution >= 0.6 is 0 Å². The fourth-order valence-corrected chi connectivity index (χ4v) is 6.88. The molecule has 0 saturated heterocycles. The highest BCUT2D eigenvalue weighted by Crippen LogP contribution is 2.46. The van der Waals surface area contributed by atoms with E-state index in [1.807, 2.05) is 73.3 Å². The van der Waals surface area contributed by atoms with Crippen molar-refractivity contribution in [3.63, 3.8) is 0 Å². The van der Waals surface area contributed by atoms with Gasteiger partial charge >= 0.3 is 0 Å². The van der Waals surface area contributed by atoms with Crippen LogP contribution < -0.4 is 9.62 Å². The highest BCUT2D eigenvalue weighted by atomic mass is 32.2. The SMILES string of the molecule is C[C@H](CC(=O)N(Cc1nccn1C)c1ccc2c(c1)C(NS(=O)(=O)c1cccc(F)c1)CC2(C)C)c1ccccc1. The summed E-state index contributed by atoms with van der Waals surface area (Å²) in [6.45, 7) is 6.45. The molecule has 1 amide bonds. The number of hydrogen-bond acceptors (Lipinski definition) is 4. The number of hydrogen-bond donors (Lipinski definition) is 1. The zero-order chi connectivity index (χ0) is 29.4. The molecule has 214 valence electrons. The zero-order valence-electron chi connectivity index (χ0n) is 23.7. The smallest absolute Gasteiger partial charge is 0.241 e. The van der Waals surface area contributed by atoms with Gasteiger partial charge in [0, 0.05) is 37.6 Å². The van der Waals surface area contributed by atoms with Crippen molar-refractivity contribution in [2.24, 2.45) is 7.05 Å². The Morgan fingerprint density at radius 1 is 1.12 bits per heavy atom. The Hall–Kier alpha value is -3.82. The number of aromatic nitrogens is 2. The summed E-state index contributed by atoms with van der Waals surface area (Å²) in [5.74, 6) is 0.0654. The molecule has 3 aromatic carbocycles. The van der Waals surface area contributed by atoms with E-state index in [4.69, 9.17) is 0 Å². The number of nitrogens with zero attached hydrogens (tertiary/aromatic N) is 3. The molecule has 0 fully saturated rings. The van der Waals surface area contributed by atoms with Gasteiger partial charge in [0.15, 0.2) is 0 Å². The van der Waals surface area contributed by atoms with Gasteiger partial charge < -0.3 is 9.47 Å². The number of carbonyl (C=O) groups excluding carboxylic acids is 1. The summed E-state index contributed by atoms with van der Waals surface area (Å²) in [4.78, 5) is 19.9. The fourth-order valence-electron chi connectivity index (χ4n) is 5.63. The molecule has 0 radical (unpaired) electrons. The Morgan fingerprint density at radius 3 is 2.56 bits per heavy atom. The summed E-state index contributed by atoms with van der Waals surface area (Å²) in [6, 6.07) is 20.2. The molecule has 1 heterocycles. The highest BCUT2D eigenvalue weighted by Gasteiger charge is 2.39. The van der Waals surface area contributed by atoms with Crippen molar-refractivity contribution in [3.05, 3.63) is 114 Å². The molecule has 5 rings (SSSR count). The van der Waals surface area contributed by atoms with Gasteiger partial charge in [0.1, 0.15) is 11.6 Å². The van der Waals surface area contributed by atoms with Crippen LogP contribution in [0.3, 0.4) is 0 Å². The van der Waals surface area contributed by atoms with E-state index in [1.165, 1.54) is 18.2 Å². The average Bonchev–Trinajstić information content (AvgIpc) is 3.45. The first kappa shape index (κ1) is 28.7. The van der Waals surface area contributed by atoms with Crippen molar-refractivity contribution in [2.75, 3.05) is 4.90 Å². The Kier molecular flexibility index (Phi) is 7.85. The van der Waals surface area contributed by atoms with E-state index >= 15 is 0 Å². The highest BCUT2D eigenvalue weighted by molar-refractivity contribution is 7.89. The third-order valence-electron chi connectivity index (χ3n) is 7.94. The predicted molar refractivity (Wildman–Crippen MR) is 157 cm³/mol. The van der Waals surface area contributed by atoms with Crippen LogP contribution in [0, 0.1) is 5.82 Å². The second-order valence-corrected chi connectivity index (χ2v) is 13.2. The molecular weight excluding hydrogens is 539 g/mol. The van der Waals surface area contributed by atoms with Crippen LogP contribution in [-0.4, -0.2) is 23.9 Å². The summed E-state index contributed by atoms with van der Waals surface area (Å²) < 4.78 is 45.0. The van der Waals surface area contributed by atoms with E-state index in [0.29, 0.717) is 18.5 Å². The van der Waals surface area contributed by atoms with Gasteiger partial charge in [-0.2, -0.15) is 0 Å². The van der Waals surface area contributed by atoms with Gasteiger partial charge in [-0.1, -0.05) is 63.2 Å². The van der Waals surface area contributed by atoms with Crippen molar-refractivity contribution >= 4 is 21.6 Å². The topological polar surface area (TPSA) is 84.3 Å². The van der Waals surface area contributed by atoms with Gasteiger partial charge in [-0.05, 0) is 64.8 Å². The molecule has 1 aromatic heterocycles. The van der Waals surface area contributed by atoms with Gasteiger partial charge in [0.25, 0.3) is 0 Å². The molecule has 1 N–H and O–H groups in total. The van der Waals surface area contributed by atoms with E-state index < -0.39 is 21.9 Å². The molecule has 1 aliphatic carbocycles. The molecule has 1 aliphatic rings. The minimum absolute atomic E-state index is 0.00626. The van der Waals surface area contributed by atoms with E-state index in [0.717, 1.165) is 28.6 Å². The van der Waals surface area contributed by atoms with E-state index in [-0.39, 0.29) is 28.7 Å². The van der Waals surface area contributed by atoms with E-state index in [1.54, 1.807) is 11.1 Å². The molecule has 41 heavy (non-hydrogen) atoms. The lowest BCUT2D eigenvalue weighted by Gasteiger charge is -2.26. The Morgan fingerprint density at radius 2 is 1.88 bits per heavy atom. The number of imidazole rings is 1. The molecule has 4 aromatic rings. The minimum atomic E-state index is -3.99. The second-order valence-electron chi connectivity index (χ2n) is 11.4. The van der Waals surface area contributed by atoms with Crippen molar-refractivity contribution in [3.8, 4) is 0 Å². The van der Waals surface area contributed by atoms with Crippen molar-refractivity contribution in [1.29, 1.82) is 0 Å². The van der Waals surface area contributed by atoms with Crippen LogP contribution in [0.5, 0.6) is 0 Å². The molecule has 0 spiro atoms. The molecule has 0 bridgehead atoms. The monoisotopic (exact) mass is 574 g/mol. The van der Waals surface area contributed by atoms with Gasteiger partial charge in [0.05, 0.1) is 11.4 Å². The van der Waals surface area contributed by atoms with Crippen LogP contribution in [0.15, 0.2) is 90.1 Å². The lowest BCUT2D eigenvalue weighted by Crippen LogP contribution is -2.32. The number of sulfonamides is 1. The molecule has 1 unspecified atom stereocenters. The van der Waals surface area contributed by atoms with Gasteiger partial charge in [-0.3, -0.25) is 4.79 Å². The molecule has 7 nitrogen and oxygen atoms in total. The largest absolute Gasteiger partial charge is 0.337 e. The third-order valence-corrected chi connectivity index (χ3v) is 9.41. The molecule has 2 atom stereocenters. The number of amides is 1. The standard InChI is InChI=1S/C32H35FN4O3S/c1-22(23-9-6-5-7-10-23)17-31(38)37(21-30-34-15-16-36(30)4)25-13-14-28-27(19-25)29(20-32(28,2)3)35-41(39,40)26-12-8-11-24(33)18-26/h5-16,18-19,22,29,35H,17,20-21H2,1-4H3/t22-,29?/m1/s1. The number of benzene rings is 3. The van der Waals surface area contributed by atoms with Crippen molar-refractivity contribution in [2.45, 2.75) is 62.4 Å². The summed E-state index contributed by atoms with van der Waals surface area (Å²) in [5.41, 5.74) is 3.26. The first-order valence-electron chi connectivity index (χ1n) is 13.7. The Labute approximate surface area is 241 Å². The maximum Gasteiger partial charge on any atom is 0.241 e. The van der Waals surface area contributed by atoms with Gasteiger partial charge in [-0.25, -0.2) is 22.5 Å². The van der Waals surface area contributed by atoms with Crippen LogP contribution in [0.4, 0.5) is 10.1 Å². The summed E-state index contributed by atoms with van der Waals surface area (Å²) >= 11 is 0. The van der Waals surface area contributed by atoms with Crippen LogP contribution in [0.1, 0.15) is 68.1 Å². The van der Waals surface area contributed by atoms with Gasteiger partial charge in [-0.15, -0.1) is 0 Å². The summed E-state index contributed by atoms with van der Waals surface area (Å²) in [7, 11) is -2.10. The second kappa shape index (κ2) is 11.2. The maximum atomic E-state index is 13.9. The Balaban J connectivity index is 1.49. The van der Waals surface area contributed by atoms with Crippen LogP contribution in [0.25, 0.3) is 0 Å². The lowest BCUT2D eigenvalue weighted by atomic mass is 9.86. The van der Waals surface area contributed by atoms with E-state index in [9.17, 15) is 17.6 Å². The number of rotatable bonds is 9. The summed E-state index contributed by atoms with van der Waals surface area (Å²) in [6.07, 6.45) is 4.37. The van der Waals surface area contributed by atoms with Crippen LogP contribution in [-0.2, 0) is 33.8 Å². The summed E-state index contributed by atoms with van der Waals surface area (Å²) in [5, 5.41) is 0. The molecular formula is C32H35FN4O3S. The zero-order valence-corrected chi connectivity index (χ0v) is 24.5. The number of aryl methyl sites for hydroxylation is 1. The Bertz CT molecular complexity index is 1670. The van der Waals surface area contributed by atoms with Gasteiger partial charge in [0.2, 0.25) is 15.9 Å².